The van der Waals surface area contributed by atoms with Crippen LogP contribution in [0, 0.1) is 6.92 Å². The van der Waals surface area contributed by atoms with Gasteiger partial charge in [-0.3, -0.25) is 9.59 Å². The molecule has 2 aliphatic heterocycles. The van der Waals surface area contributed by atoms with Crippen LogP contribution < -0.4 is 5.32 Å². The van der Waals surface area contributed by atoms with E-state index in [0.29, 0.717) is 32.6 Å². The van der Waals surface area contributed by atoms with Crippen LogP contribution in [0.4, 0.5) is 0 Å². The van der Waals surface area contributed by atoms with Gasteiger partial charge >= 0.3 is 0 Å². The number of carbonyl (C=O) groups excluding carboxylic acids is 2. The summed E-state index contributed by atoms with van der Waals surface area (Å²) >= 11 is 0. The molecule has 1 unspecified atom stereocenters. The SMILES string of the molecule is Cc1ccc(CC(=O)N2CCN(C(=O)C3CCCCN3)CC2)cc1.Cl. The number of hydrogen-bond donors (Lipinski definition) is 1. The summed E-state index contributed by atoms with van der Waals surface area (Å²) in [5, 5.41) is 3.32. The molecule has 6 heteroatoms. The summed E-state index contributed by atoms with van der Waals surface area (Å²) in [5.74, 6) is 0.363. The molecule has 5 nitrogen and oxygen atoms in total. The number of rotatable bonds is 3. The monoisotopic (exact) mass is 365 g/mol. The Kier molecular flexibility index (Phi) is 7.26. The Labute approximate surface area is 156 Å². The van der Waals surface area contributed by atoms with Crippen LogP contribution in [0.15, 0.2) is 24.3 Å². The average molecular weight is 366 g/mol. The summed E-state index contributed by atoms with van der Waals surface area (Å²) in [6, 6.07) is 8.09. The van der Waals surface area contributed by atoms with E-state index in [0.717, 1.165) is 31.4 Å². The van der Waals surface area contributed by atoms with Gasteiger partial charge in [-0.15, -0.1) is 12.4 Å². The smallest absolute Gasteiger partial charge is 0.239 e. The molecule has 138 valence electrons. The van der Waals surface area contributed by atoms with Crippen LogP contribution in [0.25, 0.3) is 0 Å². The Morgan fingerprint density at radius 2 is 1.68 bits per heavy atom. The first-order chi connectivity index (χ1) is 11.6. The van der Waals surface area contributed by atoms with Gasteiger partial charge in [0.2, 0.25) is 11.8 Å². The van der Waals surface area contributed by atoms with Gasteiger partial charge in [0.15, 0.2) is 0 Å². The highest BCUT2D eigenvalue weighted by atomic mass is 35.5. The number of benzene rings is 1. The summed E-state index contributed by atoms with van der Waals surface area (Å²) in [5.41, 5.74) is 2.25. The highest BCUT2D eigenvalue weighted by molar-refractivity contribution is 5.85. The minimum Gasteiger partial charge on any atom is -0.339 e. The maximum atomic E-state index is 12.5. The number of piperazine rings is 1. The number of halogens is 1. The molecule has 3 rings (SSSR count). The van der Waals surface area contributed by atoms with Crippen LogP contribution in [0.3, 0.4) is 0 Å². The molecule has 0 spiro atoms. The van der Waals surface area contributed by atoms with Crippen molar-refractivity contribution >= 4 is 24.2 Å². The van der Waals surface area contributed by atoms with E-state index in [-0.39, 0.29) is 30.3 Å². The maximum absolute atomic E-state index is 12.5. The minimum absolute atomic E-state index is 0. The van der Waals surface area contributed by atoms with Gasteiger partial charge in [0.25, 0.3) is 0 Å². The Balaban J connectivity index is 0.00000225. The van der Waals surface area contributed by atoms with E-state index in [4.69, 9.17) is 0 Å². The fourth-order valence-electron chi connectivity index (χ4n) is 3.45. The van der Waals surface area contributed by atoms with Crippen molar-refractivity contribution in [3.05, 3.63) is 35.4 Å². The normalized spacial score (nSPS) is 20.8. The zero-order valence-corrected chi connectivity index (χ0v) is 15.7. The lowest BCUT2D eigenvalue weighted by atomic mass is 10.0. The molecule has 0 radical (unpaired) electrons. The third-order valence-electron chi connectivity index (χ3n) is 5.03. The Bertz CT molecular complexity index is 577. The van der Waals surface area contributed by atoms with Crippen molar-refractivity contribution in [3.8, 4) is 0 Å². The van der Waals surface area contributed by atoms with E-state index in [1.165, 1.54) is 5.56 Å². The van der Waals surface area contributed by atoms with Crippen LogP contribution in [0.2, 0.25) is 0 Å². The summed E-state index contributed by atoms with van der Waals surface area (Å²) in [7, 11) is 0. The molecular formula is C19H28ClN3O2. The van der Waals surface area contributed by atoms with E-state index in [2.05, 4.69) is 5.32 Å². The molecule has 1 atom stereocenters. The summed E-state index contributed by atoms with van der Waals surface area (Å²) in [6.07, 6.45) is 3.66. The van der Waals surface area contributed by atoms with E-state index < -0.39 is 0 Å². The quantitative estimate of drug-likeness (QED) is 0.888. The van der Waals surface area contributed by atoms with Crippen molar-refractivity contribution in [2.45, 2.75) is 38.6 Å². The van der Waals surface area contributed by atoms with Gasteiger partial charge < -0.3 is 15.1 Å². The maximum Gasteiger partial charge on any atom is 0.239 e. The second kappa shape index (κ2) is 9.20. The number of piperidine rings is 1. The van der Waals surface area contributed by atoms with E-state index >= 15 is 0 Å². The lowest BCUT2D eigenvalue weighted by Gasteiger charge is -2.37. The van der Waals surface area contributed by atoms with Gasteiger partial charge in [0.1, 0.15) is 0 Å². The summed E-state index contributed by atoms with van der Waals surface area (Å²) < 4.78 is 0. The Morgan fingerprint density at radius 1 is 1.04 bits per heavy atom. The van der Waals surface area contributed by atoms with Crippen LogP contribution in [-0.2, 0) is 16.0 Å². The van der Waals surface area contributed by atoms with Crippen molar-refractivity contribution in [2.24, 2.45) is 0 Å². The Hall–Kier alpha value is -1.59. The van der Waals surface area contributed by atoms with Crippen molar-refractivity contribution in [1.82, 2.24) is 15.1 Å². The molecule has 2 amide bonds. The van der Waals surface area contributed by atoms with Gasteiger partial charge in [0.05, 0.1) is 12.5 Å². The molecule has 2 saturated heterocycles. The average Bonchev–Trinajstić information content (AvgIpc) is 2.64. The van der Waals surface area contributed by atoms with E-state index in [9.17, 15) is 9.59 Å². The van der Waals surface area contributed by atoms with Crippen molar-refractivity contribution in [2.75, 3.05) is 32.7 Å². The van der Waals surface area contributed by atoms with Crippen LogP contribution >= 0.6 is 12.4 Å². The fraction of sp³-hybridized carbons (Fsp3) is 0.579. The fourth-order valence-corrected chi connectivity index (χ4v) is 3.45. The molecule has 0 saturated carbocycles. The predicted molar refractivity (Wildman–Crippen MR) is 101 cm³/mol. The topological polar surface area (TPSA) is 52.7 Å². The van der Waals surface area contributed by atoms with Crippen molar-refractivity contribution in [3.63, 3.8) is 0 Å². The predicted octanol–water partition coefficient (Wildman–Crippen LogP) is 1.77. The molecule has 0 aliphatic carbocycles. The zero-order chi connectivity index (χ0) is 16.9. The lowest BCUT2D eigenvalue weighted by molar-refractivity contribution is -0.140. The van der Waals surface area contributed by atoms with Crippen LogP contribution in [-0.4, -0.2) is 60.4 Å². The Morgan fingerprint density at radius 3 is 2.28 bits per heavy atom. The van der Waals surface area contributed by atoms with Crippen LogP contribution in [0.5, 0.6) is 0 Å². The number of carbonyl (C=O) groups is 2. The highest BCUT2D eigenvalue weighted by Crippen LogP contribution is 2.13. The molecule has 2 fully saturated rings. The first-order valence-corrected chi connectivity index (χ1v) is 8.99. The third kappa shape index (κ3) is 5.19. The summed E-state index contributed by atoms with van der Waals surface area (Å²) in [4.78, 5) is 28.8. The van der Waals surface area contributed by atoms with Gasteiger partial charge in [-0.05, 0) is 31.9 Å². The number of hydrogen-bond acceptors (Lipinski definition) is 3. The molecule has 1 aromatic rings. The molecule has 2 heterocycles. The van der Waals surface area contributed by atoms with Crippen molar-refractivity contribution in [1.29, 1.82) is 0 Å². The second-order valence-corrected chi connectivity index (χ2v) is 6.87. The molecule has 1 N–H and O–H groups in total. The molecule has 25 heavy (non-hydrogen) atoms. The van der Waals surface area contributed by atoms with E-state index in [1.54, 1.807) is 0 Å². The minimum atomic E-state index is -0.0199. The largest absolute Gasteiger partial charge is 0.339 e. The van der Waals surface area contributed by atoms with Gasteiger partial charge in [0, 0.05) is 26.2 Å². The number of nitrogens with zero attached hydrogens (tertiary/aromatic N) is 2. The van der Waals surface area contributed by atoms with Gasteiger partial charge in [-0.2, -0.15) is 0 Å². The first-order valence-electron chi connectivity index (χ1n) is 8.99. The molecule has 1 aromatic carbocycles. The highest BCUT2D eigenvalue weighted by Gasteiger charge is 2.29. The number of nitrogens with one attached hydrogen (secondary N) is 1. The number of aryl methyl sites for hydroxylation is 1. The molecule has 0 aromatic heterocycles. The number of amides is 2. The second-order valence-electron chi connectivity index (χ2n) is 6.87. The van der Waals surface area contributed by atoms with Crippen LogP contribution in [0.1, 0.15) is 30.4 Å². The standard InChI is InChI=1S/C19H27N3O2.ClH/c1-15-5-7-16(8-6-15)14-18(23)21-10-12-22(13-11-21)19(24)17-4-2-3-9-20-17;/h5-8,17,20H,2-4,9-14H2,1H3;1H. The van der Waals surface area contributed by atoms with E-state index in [1.807, 2.05) is 41.0 Å². The third-order valence-corrected chi connectivity index (χ3v) is 5.03. The zero-order valence-electron chi connectivity index (χ0n) is 14.9. The lowest BCUT2D eigenvalue weighted by Crippen LogP contribution is -2.56. The molecule has 2 aliphatic rings. The first kappa shape index (κ1) is 19.7. The molecular weight excluding hydrogens is 338 g/mol. The van der Waals surface area contributed by atoms with Crippen molar-refractivity contribution < 1.29 is 9.59 Å². The summed E-state index contributed by atoms with van der Waals surface area (Å²) in [6.45, 7) is 5.56. The van der Waals surface area contributed by atoms with Gasteiger partial charge in [-0.25, -0.2) is 0 Å². The van der Waals surface area contributed by atoms with Gasteiger partial charge in [-0.1, -0.05) is 36.2 Å². The molecule has 0 bridgehead atoms.